The third-order valence-corrected chi connectivity index (χ3v) is 3.42. The van der Waals surface area contributed by atoms with Crippen molar-refractivity contribution in [1.82, 2.24) is 4.90 Å². The molecule has 1 fully saturated rings. The van der Waals surface area contributed by atoms with Gasteiger partial charge in [-0.05, 0) is 36.0 Å². The minimum absolute atomic E-state index is 0.200. The number of carbonyl (C=O) groups excluding carboxylic acids is 1. The van der Waals surface area contributed by atoms with E-state index in [9.17, 15) is 4.79 Å². The molecule has 0 saturated heterocycles. The van der Waals surface area contributed by atoms with Crippen LogP contribution in [0.4, 0.5) is 0 Å². The molecule has 1 amide bonds. The molecule has 1 aliphatic heterocycles. The molecule has 16 heavy (non-hydrogen) atoms. The van der Waals surface area contributed by atoms with Gasteiger partial charge in [-0.15, -0.1) is 0 Å². The van der Waals surface area contributed by atoms with Gasteiger partial charge in [-0.2, -0.15) is 0 Å². The van der Waals surface area contributed by atoms with Crippen LogP contribution in [0.2, 0.25) is 0 Å². The van der Waals surface area contributed by atoms with E-state index >= 15 is 0 Å². The van der Waals surface area contributed by atoms with E-state index in [0.29, 0.717) is 0 Å². The van der Waals surface area contributed by atoms with Crippen LogP contribution in [0.25, 0.3) is 6.08 Å². The maximum absolute atomic E-state index is 12.1. The van der Waals surface area contributed by atoms with E-state index in [0.717, 1.165) is 35.7 Å². The predicted octanol–water partition coefficient (Wildman–Crippen LogP) is 2.70. The third-order valence-electron chi connectivity index (χ3n) is 3.42. The number of benzene rings is 1. The fourth-order valence-electron chi connectivity index (χ4n) is 2.27. The quantitative estimate of drug-likeness (QED) is 0.756. The maximum atomic E-state index is 12.1. The summed E-state index contributed by atoms with van der Waals surface area (Å²) in [6.07, 6.45) is 4.37. The number of fused-ring (bicyclic) bond motifs is 1. The smallest absolute Gasteiger partial charge is 0.254 e. The van der Waals surface area contributed by atoms with Crippen LogP contribution in [0.5, 0.6) is 0 Å². The van der Waals surface area contributed by atoms with E-state index < -0.39 is 0 Å². The zero-order chi connectivity index (χ0) is 11.1. The van der Waals surface area contributed by atoms with E-state index in [1.54, 1.807) is 6.08 Å². The summed E-state index contributed by atoms with van der Waals surface area (Å²) < 4.78 is 0. The first kappa shape index (κ1) is 9.64. The Morgan fingerprint density at radius 1 is 1.44 bits per heavy atom. The molecule has 3 rings (SSSR count). The first-order valence-electron chi connectivity index (χ1n) is 5.82. The van der Waals surface area contributed by atoms with Gasteiger partial charge in [0, 0.05) is 18.7 Å². The lowest BCUT2D eigenvalue weighted by molar-refractivity contribution is 0.0771. The maximum Gasteiger partial charge on any atom is 0.254 e. The lowest BCUT2D eigenvalue weighted by Gasteiger charge is -2.14. The van der Waals surface area contributed by atoms with Crippen LogP contribution < -0.4 is 0 Å². The number of hydrogen-bond acceptors (Lipinski definition) is 1. The zero-order valence-corrected chi connectivity index (χ0v) is 9.28. The number of rotatable bonds is 3. The van der Waals surface area contributed by atoms with Gasteiger partial charge in [0.05, 0.1) is 0 Å². The Labute approximate surface area is 95.6 Å². The second-order valence-corrected chi connectivity index (χ2v) is 4.75. The van der Waals surface area contributed by atoms with Gasteiger partial charge in [-0.1, -0.05) is 24.8 Å². The van der Waals surface area contributed by atoms with Crippen molar-refractivity contribution < 1.29 is 4.79 Å². The highest BCUT2D eigenvalue weighted by molar-refractivity contribution is 5.98. The monoisotopic (exact) mass is 213 g/mol. The van der Waals surface area contributed by atoms with Crippen LogP contribution in [0.15, 0.2) is 24.8 Å². The molecule has 0 atom stereocenters. The number of nitrogens with zero attached hydrogens (tertiary/aromatic N) is 1. The lowest BCUT2D eigenvalue weighted by Crippen LogP contribution is -2.26. The lowest BCUT2D eigenvalue weighted by atomic mass is 10.1. The molecule has 0 radical (unpaired) electrons. The molecular weight excluding hydrogens is 198 g/mol. The van der Waals surface area contributed by atoms with Gasteiger partial charge in [-0.25, -0.2) is 0 Å². The molecule has 0 unspecified atom stereocenters. The SMILES string of the molecule is C=Cc1ccc2c(c1)C(=O)N(CC1CC1)C2. The van der Waals surface area contributed by atoms with E-state index in [2.05, 4.69) is 12.6 Å². The van der Waals surface area contributed by atoms with E-state index in [-0.39, 0.29) is 5.91 Å². The predicted molar refractivity (Wildman–Crippen MR) is 64.0 cm³/mol. The average Bonchev–Trinajstić information content (AvgIpc) is 3.06. The Balaban J connectivity index is 1.88. The van der Waals surface area contributed by atoms with Crippen molar-refractivity contribution in [3.05, 3.63) is 41.5 Å². The van der Waals surface area contributed by atoms with Crippen molar-refractivity contribution in [3.63, 3.8) is 0 Å². The van der Waals surface area contributed by atoms with Gasteiger partial charge in [0.25, 0.3) is 5.91 Å². The van der Waals surface area contributed by atoms with Gasteiger partial charge in [-0.3, -0.25) is 4.79 Å². The van der Waals surface area contributed by atoms with Crippen LogP contribution in [0, 0.1) is 5.92 Å². The number of hydrogen-bond donors (Lipinski definition) is 0. The molecular formula is C14H15NO. The standard InChI is InChI=1S/C14H15NO/c1-2-10-5-6-12-9-15(8-11-3-4-11)14(16)13(12)7-10/h2,5-7,11H,1,3-4,8-9H2. The van der Waals surface area contributed by atoms with E-state index in [1.165, 1.54) is 12.8 Å². The molecule has 1 aromatic rings. The molecule has 2 heteroatoms. The van der Waals surface area contributed by atoms with Crippen LogP contribution in [-0.2, 0) is 6.54 Å². The summed E-state index contributed by atoms with van der Waals surface area (Å²) in [5.74, 6) is 0.961. The molecule has 1 heterocycles. The first-order valence-corrected chi connectivity index (χ1v) is 5.82. The Bertz CT molecular complexity index is 460. The number of amides is 1. The van der Waals surface area contributed by atoms with Gasteiger partial charge in [0.1, 0.15) is 0 Å². The Kier molecular flexibility index (Phi) is 2.10. The Morgan fingerprint density at radius 2 is 2.25 bits per heavy atom. The molecule has 0 N–H and O–H groups in total. The molecule has 1 aliphatic carbocycles. The summed E-state index contributed by atoms with van der Waals surface area (Å²) >= 11 is 0. The van der Waals surface area contributed by atoms with Crippen molar-refractivity contribution in [2.45, 2.75) is 19.4 Å². The van der Waals surface area contributed by atoms with Crippen molar-refractivity contribution in [2.75, 3.05) is 6.54 Å². The fourth-order valence-corrected chi connectivity index (χ4v) is 2.27. The summed E-state index contributed by atoms with van der Waals surface area (Å²) in [5, 5.41) is 0. The van der Waals surface area contributed by atoms with Gasteiger partial charge in [0.2, 0.25) is 0 Å². The first-order chi connectivity index (χ1) is 7.78. The van der Waals surface area contributed by atoms with Crippen LogP contribution in [0.1, 0.15) is 34.3 Å². The van der Waals surface area contributed by atoms with Crippen molar-refractivity contribution >= 4 is 12.0 Å². The van der Waals surface area contributed by atoms with Crippen molar-refractivity contribution in [1.29, 1.82) is 0 Å². The minimum atomic E-state index is 0.200. The number of carbonyl (C=O) groups is 1. The summed E-state index contributed by atoms with van der Waals surface area (Å²) in [6.45, 7) is 5.47. The molecule has 0 bridgehead atoms. The van der Waals surface area contributed by atoms with Gasteiger partial charge < -0.3 is 4.90 Å². The van der Waals surface area contributed by atoms with Gasteiger partial charge in [0.15, 0.2) is 0 Å². The van der Waals surface area contributed by atoms with Crippen LogP contribution in [0.3, 0.4) is 0 Å². The van der Waals surface area contributed by atoms with Crippen LogP contribution in [-0.4, -0.2) is 17.4 Å². The van der Waals surface area contributed by atoms with E-state index in [4.69, 9.17) is 0 Å². The van der Waals surface area contributed by atoms with Crippen molar-refractivity contribution in [3.8, 4) is 0 Å². The fraction of sp³-hybridized carbons (Fsp3) is 0.357. The van der Waals surface area contributed by atoms with Crippen LogP contribution >= 0.6 is 0 Å². The summed E-state index contributed by atoms with van der Waals surface area (Å²) in [4.78, 5) is 14.1. The molecule has 82 valence electrons. The highest BCUT2D eigenvalue weighted by Crippen LogP contribution is 2.33. The minimum Gasteiger partial charge on any atom is -0.334 e. The highest BCUT2D eigenvalue weighted by atomic mass is 16.2. The molecule has 0 spiro atoms. The summed E-state index contributed by atoms with van der Waals surface area (Å²) in [7, 11) is 0. The molecule has 1 aromatic carbocycles. The van der Waals surface area contributed by atoms with E-state index in [1.807, 2.05) is 17.0 Å². The second-order valence-electron chi connectivity index (χ2n) is 4.75. The topological polar surface area (TPSA) is 20.3 Å². The largest absolute Gasteiger partial charge is 0.334 e. The third kappa shape index (κ3) is 1.54. The van der Waals surface area contributed by atoms with Gasteiger partial charge >= 0.3 is 0 Å². The van der Waals surface area contributed by atoms with Crippen molar-refractivity contribution in [2.24, 2.45) is 5.92 Å². The summed E-state index contributed by atoms with van der Waals surface area (Å²) in [5.41, 5.74) is 3.06. The Morgan fingerprint density at radius 3 is 2.94 bits per heavy atom. The molecule has 2 nitrogen and oxygen atoms in total. The normalized spacial score (nSPS) is 18.8. The summed E-state index contributed by atoms with van der Waals surface area (Å²) in [6, 6.07) is 6.04. The Hall–Kier alpha value is -1.57. The average molecular weight is 213 g/mol. The second kappa shape index (κ2) is 3.48. The molecule has 0 aromatic heterocycles. The molecule has 1 saturated carbocycles. The zero-order valence-electron chi connectivity index (χ0n) is 9.28. The molecule has 2 aliphatic rings. The highest BCUT2D eigenvalue weighted by Gasteiger charge is 2.32.